The highest BCUT2D eigenvalue weighted by Gasteiger charge is 2.35. The van der Waals surface area contributed by atoms with Crippen molar-refractivity contribution in [2.45, 2.75) is 13.8 Å². The topological polar surface area (TPSA) is 67.0 Å². The normalized spacial score (nSPS) is 13.2. The van der Waals surface area contributed by atoms with Gasteiger partial charge in [-0.1, -0.05) is 15.9 Å². The van der Waals surface area contributed by atoms with E-state index in [-0.39, 0.29) is 11.5 Å². The maximum Gasteiger partial charge on any atom is 0.250 e. The van der Waals surface area contributed by atoms with E-state index in [0.29, 0.717) is 27.9 Å². The van der Waals surface area contributed by atoms with Crippen molar-refractivity contribution in [2.75, 3.05) is 0 Å². The summed E-state index contributed by atoms with van der Waals surface area (Å²) in [5.41, 5.74) is 2.79. The maximum absolute atomic E-state index is 12.1. The summed E-state index contributed by atoms with van der Waals surface area (Å²) in [4.78, 5) is 39.0. The summed E-state index contributed by atoms with van der Waals surface area (Å²) in [6.07, 6.45) is 0. The lowest BCUT2D eigenvalue weighted by molar-refractivity contribution is 0.0812. The van der Waals surface area contributed by atoms with Crippen LogP contribution in [0.4, 0.5) is 0 Å². The first-order valence-electron chi connectivity index (χ1n) is 6.04. The van der Waals surface area contributed by atoms with E-state index in [0.717, 1.165) is 4.47 Å². The highest BCUT2D eigenvalue weighted by molar-refractivity contribution is 9.10. The fraction of sp³-hybridized carbons (Fsp3) is 0.133. The summed E-state index contributed by atoms with van der Waals surface area (Å²) in [6.45, 7) is 3.18. The molecule has 1 aliphatic rings. The van der Waals surface area contributed by atoms with Crippen molar-refractivity contribution in [1.29, 1.82) is 0 Å². The second-order valence-electron chi connectivity index (χ2n) is 4.78. The van der Waals surface area contributed by atoms with Gasteiger partial charge >= 0.3 is 0 Å². The van der Waals surface area contributed by atoms with E-state index in [1.807, 2.05) is 0 Å². The zero-order chi connectivity index (χ0) is 14.6. The molecule has 1 N–H and O–H groups in total. The summed E-state index contributed by atoms with van der Waals surface area (Å²) in [5, 5.41) is 0. The largest absolute Gasteiger partial charge is 0.355 e. The summed E-state index contributed by atoms with van der Waals surface area (Å²) in [5.74, 6) is -1.27. The van der Waals surface area contributed by atoms with E-state index in [1.165, 1.54) is 6.92 Å². The monoisotopic (exact) mass is 331 g/mol. The van der Waals surface area contributed by atoms with Crippen LogP contribution in [0.5, 0.6) is 0 Å². The molecule has 0 amide bonds. The lowest BCUT2D eigenvalue weighted by atomic mass is 9.85. The van der Waals surface area contributed by atoms with Crippen molar-refractivity contribution >= 4 is 33.3 Å². The Kier molecular flexibility index (Phi) is 2.76. The molecule has 1 aromatic carbocycles. The molecule has 0 unspecified atom stereocenters. The quantitative estimate of drug-likeness (QED) is 0.643. The van der Waals surface area contributed by atoms with Gasteiger partial charge in [-0.3, -0.25) is 14.4 Å². The van der Waals surface area contributed by atoms with Gasteiger partial charge in [0.15, 0.2) is 5.78 Å². The number of halogens is 1. The van der Waals surface area contributed by atoms with Crippen molar-refractivity contribution in [1.82, 2.24) is 4.98 Å². The van der Waals surface area contributed by atoms with Gasteiger partial charge < -0.3 is 4.98 Å². The first-order valence-corrected chi connectivity index (χ1v) is 6.83. The number of Topliss-reactive ketones (excluding diaryl/α,β-unsaturated/α-hetero) is 3. The molecule has 0 fully saturated rings. The van der Waals surface area contributed by atoms with Crippen LogP contribution in [0.2, 0.25) is 0 Å². The molecule has 4 nitrogen and oxygen atoms in total. The molecule has 0 spiro atoms. The SMILES string of the molecule is CC(=O)c1c(C)[nH]c2c1-c1cc(Br)ccc1C(=O)C2=O. The molecule has 5 heteroatoms. The molecule has 0 aliphatic heterocycles. The molecular formula is C15H10BrNO3. The number of carbonyl (C=O) groups is 3. The van der Waals surface area contributed by atoms with Crippen LogP contribution >= 0.6 is 15.9 Å². The van der Waals surface area contributed by atoms with Crippen LogP contribution in [0, 0.1) is 6.92 Å². The summed E-state index contributed by atoms with van der Waals surface area (Å²) < 4.78 is 0.790. The number of aromatic nitrogens is 1. The van der Waals surface area contributed by atoms with Crippen LogP contribution in [-0.4, -0.2) is 22.3 Å². The minimum atomic E-state index is -0.592. The number of benzene rings is 1. The van der Waals surface area contributed by atoms with Gasteiger partial charge in [0.25, 0.3) is 0 Å². The average molecular weight is 332 g/mol. The zero-order valence-electron chi connectivity index (χ0n) is 10.8. The van der Waals surface area contributed by atoms with Gasteiger partial charge in [-0.05, 0) is 37.6 Å². The van der Waals surface area contributed by atoms with Gasteiger partial charge in [0, 0.05) is 26.9 Å². The van der Waals surface area contributed by atoms with Crippen LogP contribution in [0.15, 0.2) is 22.7 Å². The Morgan fingerprint density at radius 1 is 1.15 bits per heavy atom. The Hall–Kier alpha value is -2.01. The maximum atomic E-state index is 12.1. The number of nitrogens with one attached hydrogen (secondary N) is 1. The highest BCUT2D eigenvalue weighted by atomic mass is 79.9. The van der Waals surface area contributed by atoms with Gasteiger partial charge in [0.1, 0.15) is 0 Å². The van der Waals surface area contributed by atoms with Gasteiger partial charge in [0.2, 0.25) is 11.6 Å². The van der Waals surface area contributed by atoms with Gasteiger partial charge in [0.05, 0.1) is 5.69 Å². The molecule has 1 aromatic heterocycles. The third kappa shape index (κ3) is 1.63. The second kappa shape index (κ2) is 4.24. The molecule has 0 atom stereocenters. The third-order valence-electron chi connectivity index (χ3n) is 3.47. The van der Waals surface area contributed by atoms with E-state index < -0.39 is 11.6 Å². The molecule has 0 radical (unpaired) electrons. The highest BCUT2D eigenvalue weighted by Crippen LogP contribution is 2.38. The van der Waals surface area contributed by atoms with Crippen LogP contribution in [0.1, 0.15) is 43.8 Å². The Labute approximate surface area is 123 Å². The van der Waals surface area contributed by atoms with Gasteiger partial charge in [-0.15, -0.1) is 0 Å². The number of hydrogen-bond acceptors (Lipinski definition) is 3. The van der Waals surface area contributed by atoms with Crippen molar-refractivity contribution < 1.29 is 14.4 Å². The number of fused-ring (bicyclic) bond motifs is 3. The lowest BCUT2D eigenvalue weighted by Crippen LogP contribution is -2.21. The first kappa shape index (κ1) is 13.0. The number of ketones is 3. The Morgan fingerprint density at radius 3 is 2.50 bits per heavy atom. The van der Waals surface area contributed by atoms with Crippen LogP contribution in [0.3, 0.4) is 0 Å². The summed E-state index contributed by atoms with van der Waals surface area (Å²) in [7, 11) is 0. The number of carbonyl (C=O) groups excluding carboxylic acids is 3. The standard InChI is InChI=1S/C15H10BrNO3/c1-6-11(7(2)18)12-10-5-8(16)3-4-9(10)14(19)15(20)13(12)17-6/h3-5,17H,1-2H3. The molecule has 20 heavy (non-hydrogen) atoms. The Balaban J connectivity index is 2.46. The number of rotatable bonds is 1. The Morgan fingerprint density at radius 2 is 1.85 bits per heavy atom. The Bertz CT molecular complexity index is 802. The van der Waals surface area contributed by atoms with Crippen molar-refractivity contribution in [2.24, 2.45) is 0 Å². The van der Waals surface area contributed by atoms with Crippen LogP contribution in [-0.2, 0) is 0 Å². The summed E-state index contributed by atoms with van der Waals surface area (Å²) >= 11 is 3.35. The third-order valence-corrected chi connectivity index (χ3v) is 3.96. The van der Waals surface area contributed by atoms with E-state index in [4.69, 9.17) is 0 Å². The van der Waals surface area contributed by atoms with E-state index >= 15 is 0 Å². The predicted octanol–water partition coefficient (Wildman–Crippen LogP) is 3.33. The number of aryl methyl sites for hydroxylation is 1. The molecule has 0 saturated carbocycles. The molecule has 0 bridgehead atoms. The van der Waals surface area contributed by atoms with Gasteiger partial charge in [-0.2, -0.15) is 0 Å². The van der Waals surface area contributed by atoms with E-state index in [9.17, 15) is 14.4 Å². The molecule has 2 aromatic rings. The predicted molar refractivity (Wildman–Crippen MR) is 77.3 cm³/mol. The number of H-pyrrole nitrogens is 1. The van der Waals surface area contributed by atoms with Crippen molar-refractivity contribution in [3.05, 3.63) is 45.2 Å². The minimum Gasteiger partial charge on any atom is -0.355 e. The fourth-order valence-electron chi connectivity index (χ4n) is 2.66. The molecule has 0 saturated heterocycles. The van der Waals surface area contributed by atoms with Crippen LogP contribution < -0.4 is 0 Å². The van der Waals surface area contributed by atoms with Crippen molar-refractivity contribution in [3.8, 4) is 11.1 Å². The smallest absolute Gasteiger partial charge is 0.250 e. The molecule has 1 heterocycles. The van der Waals surface area contributed by atoms with E-state index in [1.54, 1.807) is 25.1 Å². The molecular weight excluding hydrogens is 322 g/mol. The van der Waals surface area contributed by atoms with E-state index in [2.05, 4.69) is 20.9 Å². The van der Waals surface area contributed by atoms with Crippen molar-refractivity contribution in [3.63, 3.8) is 0 Å². The summed E-state index contributed by atoms with van der Waals surface area (Å²) in [6, 6.07) is 5.08. The molecule has 3 rings (SSSR count). The zero-order valence-corrected chi connectivity index (χ0v) is 12.4. The second-order valence-corrected chi connectivity index (χ2v) is 5.70. The van der Waals surface area contributed by atoms with Crippen LogP contribution in [0.25, 0.3) is 11.1 Å². The number of hydrogen-bond donors (Lipinski definition) is 1. The fourth-order valence-corrected chi connectivity index (χ4v) is 3.02. The molecule has 100 valence electrons. The average Bonchev–Trinajstić information content (AvgIpc) is 2.73. The minimum absolute atomic E-state index is 0.131. The number of aromatic amines is 1. The van der Waals surface area contributed by atoms with Gasteiger partial charge in [-0.25, -0.2) is 0 Å². The molecule has 1 aliphatic carbocycles. The first-order chi connectivity index (χ1) is 9.41. The lowest BCUT2D eigenvalue weighted by Gasteiger charge is -2.15.